The van der Waals surface area contributed by atoms with Crippen molar-refractivity contribution in [2.45, 2.75) is 51.0 Å². The highest BCUT2D eigenvalue weighted by molar-refractivity contribution is 5.76. The molecule has 1 atom stereocenters. The van der Waals surface area contributed by atoms with Crippen LogP contribution in [0.3, 0.4) is 0 Å². The van der Waals surface area contributed by atoms with E-state index in [0.29, 0.717) is 18.9 Å². The molecule has 0 spiro atoms. The van der Waals surface area contributed by atoms with Crippen molar-refractivity contribution in [3.63, 3.8) is 0 Å². The first-order chi connectivity index (χ1) is 10.7. The monoisotopic (exact) mass is 304 g/mol. The summed E-state index contributed by atoms with van der Waals surface area (Å²) in [6.45, 7) is 0.563. The summed E-state index contributed by atoms with van der Waals surface area (Å²) in [6, 6.07) is 8.40. The molecule has 4 heteroatoms. The predicted octanol–water partition coefficient (Wildman–Crippen LogP) is 2.65. The lowest BCUT2D eigenvalue weighted by Crippen LogP contribution is -2.41. The number of hydrogen-bond donors (Lipinski definition) is 2. The van der Waals surface area contributed by atoms with Crippen molar-refractivity contribution in [3.8, 4) is 5.75 Å². The van der Waals surface area contributed by atoms with Gasteiger partial charge in [-0.05, 0) is 55.7 Å². The molecule has 1 aliphatic carbocycles. The Bertz CT molecular complexity index is 455. The zero-order valence-electron chi connectivity index (χ0n) is 13.5. The standard InChI is InChI=1S/C18H28N2O2/c1-22-16-11-7-14(8-12-16)5-3-2-4-6-18(21)20-17(13-19)15-9-10-15/h7-8,11-12,15,17H,2-6,9-10,13,19H2,1H3,(H,20,21). The zero-order valence-corrected chi connectivity index (χ0v) is 13.5. The lowest BCUT2D eigenvalue weighted by Gasteiger charge is -2.15. The molecule has 122 valence electrons. The molecule has 3 N–H and O–H groups in total. The Hall–Kier alpha value is -1.55. The molecule has 0 heterocycles. The summed E-state index contributed by atoms with van der Waals surface area (Å²) >= 11 is 0. The Morgan fingerprint density at radius 1 is 1.27 bits per heavy atom. The van der Waals surface area contributed by atoms with Gasteiger partial charge in [-0.15, -0.1) is 0 Å². The molecular formula is C18H28N2O2. The second-order valence-corrected chi connectivity index (χ2v) is 6.16. The van der Waals surface area contributed by atoms with E-state index in [0.717, 1.165) is 31.4 Å². The number of ether oxygens (including phenoxy) is 1. The van der Waals surface area contributed by atoms with E-state index in [1.54, 1.807) is 7.11 Å². The molecule has 22 heavy (non-hydrogen) atoms. The molecule has 0 aliphatic heterocycles. The quantitative estimate of drug-likeness (QED) is 0.653. The minimum atomic E-state index is 0.159. The topological polar surface area (TPSA) is 64.3 Å². The number of nitrogens with one attached hydrogen (secondary N) is 1. The number of carbonyl (C=O) groups excluding carboxylic acids is 1. The second-order valence-electron chi connectivity index (χ2n) is 6.16. The van der Waals surface area contributed by atoms with Gasteiger partial charge in [0.2, 0.25) is 5.91 Å². The highest BCUT2D eigenvalue weighted by atomic mass is 16.5. The van der Waals surface area contributed by atoms with E-state index in [1.165, 1.54) is 18.4 Å². The zero-order chi connectivity index (χ0) is 15.8. The summed E-state index contributed by atoms with van der Waals surface area (Å²) in [7, 11) is 1.68. The third-order valence-corrected chi connectivity index (χ3v) is 4.32. The van der Waals surface area contributed by atoms with E-state index in [9.17, 15) is 4.79 Å². The van der Waals surface area contributed by atoms with Crippen LogP contribution in [-0.2, 0) is 11.2 Å². The average Bonchev–Trinajstić information content (AvgIpc) is 3.37. The number of aryl methyl sites for hydroxylation is 1. The SMILES string of the molecule is COc1ccc(CCCCCC(=O)NC(CN)C2CC2)cc1. The van der Waals surface area contributed by atoms with Crippen LogP contribution in [0.25, 0.3) is 0 Å². The molecule has 4 nitrogen and oxygen atoms in total. The number of nitrogens with two attached hydrogens (primary N) is 1. The fraction of sp³-hybridized carbons (Fsp3) is 0.611. The molecule has 1 saturated carbocycles. The smallest absolute Gasteiger partial charge is 0.220 e. The molecular weight excluding hydrogens is 276 g/mol. The van der Waals surface area contributed by atoms with E-state index in [-0.39, 0.29) is 11.9 Å². The highest BCUT2D eigenvalue weighted by Gasteiger charge is 2.30. The minimum Gasteiger partial charge on any atom is -0.497 e. The van der Waals surface area contributed by atoms with Gasteiger partial charge < -0.3 is 15.8 Å². The Balaban J connectivity index is 1.55. The van der Waals surface area contributed by atoms with Crippen molar-refractivity contribution in [2.75, 3.05) is 13.7 Å². The summed E-state index contributed by atoms with van der Waals surface area (Å²) in [4.78, 5) is 11.9. The van der Waals surface area contributed by atoms with Crippen LogP contribution in [0.5, 0.6) is 5.75 Å². The van der Waals surface area contributed by atoms with E-state index in [2.05, 4.69) is 17.4 Å². The van der Waals surface area contributed by atoms with Gasteiger partial charge in [-0.1, -0.05) is 18.6 Å². The normalized spacial score (nSPS) is 15.4. The molecule has 2 rings (SSSR count). The average molecular weight is 304 g/mol. The first kappa shape index (κ1) is 16.8. The van der Waals surface area contributed by atoms with Crippen LogP contribution >= 0.6 is 0 Å². The fourth-order valence-electron chi connectivity index (χ4n) is 2.73. The summed E-state index contributed by atoms with van der Waals surface area (Å²) < 4.78 is 5.15. The number of amides is 1. The van der Waals surface area contributed by atoms with Gasteiger partial charge in [0.25, 0.3) is 0 Å². The van der Waals surface area contributed by atoms with E-state index in [4.69, 9.17) is 10.5 Å². The first-order valence-corrected chi connectivity index (χ1v) is 8.35. The third-order valence-electron chi connectivity index (χ3n) is 4.32. The van der Waals surface area contributed by atoms with Crippen LogP contribution in [0, 0.1) is 5.92 Å². The van der Waals surface area contributed by atoms with Gasteiger partial charge in [-0.3, -0.25) is 4.79 Å². The van der Waals surface area contributed by atoms with Gasteiger partial charge in [-0.2, -0.15) is 0 Å². The number of methoxy groups -OCH3 is 1. The maximum atomic E-state index is 11.9. The summed E-state index contributed by atoms with van der Waals surface area (Å²) in [5.74, 6) is 1.68. The van der Waals surface area contributed by atoms with Gasteiger partial charge in [0.15, 0.2) is 0 Å². The largest absolute Gasteiger partial charge is 0.497 e. The van der Waals surface area contributed by atoms with E-state index < -0.39 is 0 Å². The van der Waals surface area contributed by atoms with Crippen LogP contribution in [0.15, 0.2) is 24.3 Å². The molecule has 1 aromatic carbocycles. The van der Waals surface area contributed by atoms with Crippen LogP contribution in [0.1, 0.15) is 44.1 Å². The van der Waals surface area contributed by atoms with Crippen molar-refractivity contribution in [1.82, 2.24) is 5.32 Å². The van der Waals surface area contributed by atoms with Crippen molar-refractivity contribution < 1.29 is 9.53 Å². The van der Waals surface area contributed by atoms with Crippen LogP contribution in [0.4, 0.5) is 0 Å². The number of hydrogen-bond acceptors (Lipinski definition) is 3. The summed E-state index contributed by atoms with van der Waals surface area (Å²) in [5, 5.41) is 3.07. The molecule has 1 aliphatic rings. The van der Waals surface area contributed by atoms with Gasteiger partial charge in [-0.25, -0.2) is 0 Å². The molecule has 0 bridgehead atoms. The van der Waals surface area contributed by atoms with Crippen LogP contribution in [-0.4, -0.2) is 25.6 Å². The molecule has 1 unspecified atom stereocenters. The van der Waals surface area contributed by atoms with Gasteiger partial charge in [0, 0.05) is 19.0 Å². The van der Waals surface area contributed by atoms with Gasteiger partial charge in [0.05, 0.1) is 7.11 Å². The van der Waals surface area contributed by atoms with Crippen molar-refractivity contribution in [1.29, 1.82) is 0 Å². The summed E-state index contributed by atoms with van der Waals surface area (Å²) in [6.07, 6.45) is 7.24. The molecule has 0 radical (unpaired) electrons. The van der Waals surface area contributed by atoms with Crippen molar-refractivity contribution in [3.05, 3.63) is 29.8 Å². The minimum absolute atomic E-state index is 0.159. The molecule has 1 aromatic rings. The highest BCUT2D eigenvalue weighted by Crippen LogP contribution is 2.32. The number of rotatable bonds is 10. The summed E-state index contributed by atoms with van der Waals surface area (Å²) in [5.41, 5.74) is 7.02. The molecule has 0 saturated heterocycles. The number of carbonyl (C=O) groups is 1. The maximum absolute atomic E-state index is 11.9. The van der Waals surface area contributed by atoms with Gasteiger partial charge in [0.1, 0.15) is 5.75 Å². The number of unbranched alkanes of at least 4 members (excludes halogenated alkanes) is 2. The Labute approximate surface area is 133 Å². The second kappa shape index (κ2) is 8.79. The Morgan fingerprint density at radius 3 is 2.59 bits per heavy atom. The van der Waals surface area contributed by atoms with Crippen molar-refractivity contribution in [2.24, 2.45) is 11.7 Å². The predicted molar refractivity (Wildman–Crippen MR) is 88.9 cm³/mol. The lowest BCUT2D eigenvalue weighted by molar-refractivity contribution is -0.122. The fourth-order valence-corrected chi connectivity index (χ4v) is 2.73. The van der Waals surface area contributed by atoms with E-state index in [1.807, 2.05) is 12.1 Å². The van der Waals surface area contributed by atoms with Gasteiger partial charge >= 0.3 is 0 Å². The molecule has 0 aromatic heterocycles. The Morgan fingerprint density at radius 2 is 2.00 bits per heavy atom. The van der Waals surface area contributed by atoms with E-state index >= 15 is 0 Å². The number of benzene rings is 1. The first-order valence-electron chi connectivity index (χ1n) is 8.35. The Kier molecular flexibility index (Phi) is 6.72. The van der Waals surface area contributed by atoms with Crippen LogP contribution in [0.2, 0.25) is 0 Å². The maximum Gasteiger partial charge on any atom is 0.220 e. The third kappa shape index (κ3) is 5.68. The lowest BCUT2D eigenvalue weighted by atomic mass is 10.1. The molecule has 1 fully saturated rings. The van der Waals surface area contributed by atoms with Crippen molar-refractivity contribution >= 4 is 5.91 Å². The molecule has 1 amide bonds. The van der Waals surface area contributed by atoms with Crippen LogP contribution < -0.4 is 15.8 Å².